The molecule has 1 saturated heterocycles. The molecule has 2 aliphatic rings. The van der Waals surface area contributed by atoms with E-state index in [4.69, 9.17) is 4.84 Å². The molecule has 0 unspecified atom stereocenters. The van der Waals surface area contributed by atoms with Crippen molar-refractivity contribution in [2.45, 2.75) is 38.5 Å². The van der Waals surface area contributed by atoms with Gasteiger partial charge in [-0.1, -0.05) is 31.9 Å². The van der Waals surface area contributed by atoms with Crippen molar-refractivity contribution in [3.8, 4) is 0 Å². The second-order valence-corrected chi connectivity index (χ2v) is 4.77. The molecule has 0 aromatic carbocycles. The molecule has 1 amide bonds. The van der Waals surface area contributed by atoms with Gasteiger partial charge in [-0.15, -0.1) is 6.58 Å². The molecule has 1 aliphatic heterocycles. The summed E-state index contributed by atoms with van der Waals surface area (Å²) in [4.78, 5) is 17.7. The van der Waals surface area contributed by atoms with E-state index in [0.717, 1.165) is 37.8 Å². The number of carbonyl (C=O) groups excluding carboxylic acids is 1. The molecule has 0 N–H and O–H groups in total. The first-order chi connectivity index (χ1) is 7.69. The molecule has 0 aromatic heterocycles. The van der Waals surface area contributed by atoms with Crippen molar-refractivity contribution in [1.29, 1.82) is 0 Å². The number of rotatable bonds is 3. The summed E-state index contributed by atoms with van der Waals surface area (Å²) in [5.41, 5.74) is 0.602. The third-order valence-electron chi connectivity index (χ3n) is 3.60. The average molecular weight is 221 g/mol. The lowest BCUT2D eigenvalue weighted by Gasteiger charge is -2.30. The first kappa shape index (κ1) is 11.4. The molecule has 0 bridgehead atoms. The summed E-state index contributed by atoms with van der Waals surface area (Å²) in [6, 6.07) is 0. The van der Waals surface area contributed by atoms with Crippen molar-refractivity contribution in [2.24, 2.45) is 5.41 Å². The molecule has 0 atom stereocenters. The lowest BCUT2D eigenvalue weighted by Crippen LogP contribution is -2.35. The summed E-state index contributed by atoms with van der Waals surface area (Å²) in [5.74, 6) is 0.110. The summed E-state index contributed by atoms with van der Waals surface area (Å²) in [5, 5.41) is 1.40. The Hall–Kier alpha value is -1.09. The number of hydroxylamine groups is 2. The fourth-order valence-electron chi connectivity index (χ4n) is 2.79. The molecule has 88 valence electrons. The predicted octanol–water partition coefficient (Wildman–Crippen LogP) is 2.80. The molecular formula is C13H19NO2. The Morgan fingerprint density at radius 1 is 1.38 bits per heavy atom. The van der Waals surface area contributed by atoms with E-state index in [0.29, 0.717) is 6.61 Å². The Balaban J connectivity index is 2.11. The Bertz CT molecular complexity index is 316. The van der Waals surface area contributed by atoms with Crippen LogP contribution in [0.5, 0.6) is 0 Å². The summed E-state index contributed by atoms with van der Waals surface area (Å²) in [7, 11) is 0. The lowest BCUT2D eigenvalue weighted by molar-refractivity contribution is -0.173. The fourth-order valence-corrected chi connectivity index (χ4v) is 2.79. The van der Waals surface area contributed by atoms with Gasteiger partial charge in [-0.25, -0.2) is 0 Å². The van der Waals surface area contributed by atoms with Crippen LogP contribution in [0.3, 0.4) is 0 Å². The second-order valence-electron chi connectivity index (χ2n) is 4.77. The summed E-state index contributed by atoms with van der Waals surface area (Å²) in [6.07, 6.45) is 7.92. The van der Waals surface area contributed by atoms with Gasteiger partial charge in [0.15, 0.2) is 0 Å². The van der Waals surface area contributed by atoms with Gasteiger partial charge >= 0.3 is 0 Å². The minimum absolute atomic E-state index is 0.110. The van der Waals surface area contributed by atoms with Gasteiger partial charge in [0.05, 0.1) is 12.0 Å². The Labute approximate surface area is 96.7 Å². The maximum absolute atomic E-state index is 12.3. The minimum Gasteiger partial charge on any atom is -0.272 e. The van der Waals surface area contributed by atoms with E-state index < -0.39 is 0 Å². The molecule has 1 saturated carbocycles. The average Bonchev–Trinajstić information content (AvgIpc) is 2.50. The molecule has 16 heavy (non-hydrogen) atoms. The summed E-state index contributed by atoms with van der Waals surface area (Å²) >= 11 is 0. The van der Waals surface area contributed by atoms with E-state index in [-0.39, 0.29) is 11.3 Å². The molecule has 2 fully saturated rings. The molecule has 3 nitrogen and oxygen atoms in total. The van der Waals surface area contributed by atoms with Crippen LogP contribution in [-0.2, 0) is 9.63 Å². The van der Waals surface area contributed by atoms with Gasteiger partial charge in [-0.05, 0) is 12.8 Å². The van der Waals surface area contributed by atoms with E-state index in [2.05, 4.69) is 13.2 Å². The molecular weight excluding hydrogens is 202 g/mol. The van der Waals surface area contributed by atoms with Crippen LogP contribution in [0.25, 0.3) is 0 Å². The highest BCUT2D eigenvalue weighted by Gasteiger charge is 2.49. The van der Waals surface area contributed by atoms with Crippen molar-refractivity contribution >= 4 is 5.91 Å². The number of nitrogens with zero attached hydrogens (tertiary/aromatic N) is 1. The molecule has 3 heteroatoms. The highest BCUT2D eigenvalue weighted by molar-refractivity contribution is 5.86. The normalized spacial score (nSPS) is 24.1. The van der Waals surface area contributed by atoms with Crippen LogP contribution in [-0.4, -0.2) is 17.6 Å². The molecule has 1 spiro atoms. The van der Waals surface area contributed by atoms with Crippen LogP contribution < -0.4 is 0 Å². The van der Waals surface area contributed by atoms with Crippen LogP contribution in [0, 0.1) is 5.41 Å². The van der Waals surface area contributed by atoms with Gasteiger partial charge in [0.1, 0.15) is 0 Å². The Kier molecular flexibility index (Phi) is 3.15. The zero-order valence-electron chi connectivity index (χ0n) is 9.71. The van der Waals surface area contributed by atoms with Crippen molar-refractivity contribution in [1.82, 2.24) is 5.06 Å². The minimum atomic E-state index is -0.198. The predicted molar refractivity (Wildman–Crippen MR) is 62.3 cm³/mol. The number of amides is 1. The van der Waals surface area contributed by atoms with Gasteiger partial charge in [-0.3, -0.25) is 9.63 Å². The van der Waals surface area contributed by atoms with Crippen molar-refractivity contribution in [3.05, 3.63) is 24.9 Å². The van der Waals surface area contributed by atoms with Crippen LogP contribution in [0.2, 0.25) is 0 Å². The van der Waals surface area contributed by atoms with E-state index >= 15 is 0 Å². The van der Waals surface area contributed by atoms with E-state index in [1.807, 2.05) is 0 Å². The fraction of sp³-hybridized carbons (Fsp3) is 0.615. The Morgan fingerprint density at radius 3 is 2.69 bits per heavy atom. The smallest absolute Gasteiger partial charge is 0.257 e. The largest absolute Gasteiger partial charge is 0.272 e. The third-order valence-corrected chi connectivity index (χ3v) is 3.60. The maximum atomic E-state index is 12.3. The monoisotopic (exact) mass is 221 g/mol. The molecule has 1 aliphatic carbocycles. The summed E-state index contributed by atoms with van der Waals surface area (Å²) in [6.45, 7) is 7.88. The number of hydrogen-bond donors (Lipinski definition) is 0. The van der Waals surface area contributed by atoms with Crippen LogP contribution in [0.1, 0.15) is 38.5 Å². The first-order valence-corrected chi connectivity index (χ1v) is 5.96. The molecule has 0 radical (unpaired) electrons. The summed E-state index contributed by atoms with van der Waals surface area (Å²) < 4.78 is 0. The lowest BCUT2D eigenvalue weighted by atomic mass is 9.73. The standard InChI is InChI=1S/C13H19NO2/c1-3-9-16-14-11(2)10-13(12(14)15)7-5-4-6-8-13/h3H,1-2,4-10H2. The number of hydrogen-bond acceptors (Lipinski definition) is 2. The quantitative estimate of drug-likeness (QED) is 0.686. The van der Waals surface area contributed by atoms with Crippen molar-refractivity contribution in [2.75, 3.05) is 6.61 Å². The highest BCUT2D eigenvalue weighted by Crippen LogP contribution is 2.48. The van der Waals surface area contributed by atoms with Crippen molar-refractivity contribution < 1.29 is 9.63 Å². The maximum Gasteiger partial charge on any atom is 0.257 e. The molecule has 2 rings (SSSR count). The van der Waals surface area contributed by atoms with E-state index in [9.17, 15) is 4.79 Å². The second kappa shape index (κ2) is 4.42. The number of carbonyl (C=O) groups is 1. The van der Waals surface area contributed by atoms with Crippen molar-refractivity contribution in [3.63, 3.8) is 0 Å². The number of allylic oxidation sites excluding steroid dienone is 1. The topological polar surface area (TPSA) is 29.5 Å². The highest BCUT2D eigenvalue weighted by atomic mass is 16.7. The zero-order chi connectivity index (χ0) is 11.6. The van der Waals surface area contributed by atoms with Gasteiger partial charge in [0.2, 0.25) is 0 Å². The molecule has 1 heterocycles. The van der Waals surface area contributed by atoms with Gasteiger partial charge in [0.25, 0.3) is 5.91 Å². The van der Waals surface area contributed by atoms with E-state index in [1.54, 1.807) is 6.08 Å². The SMILES string of the molecule is C=CCON1C(=C)CC2(CCCCC2)C1=O. The molecule has 0 aromatic rings. The van der Waals surface area contributed by atoms with Crippen LogP contribution in [0.15, 0.2) is 24.9 Å². The van der Waals surface area contributed by atoms with Gasteiger partial charge in [0, 0.05) is 12.1 Å². The Morgan fingerprint density at radius 2 is 2.06 bits per heavy atom. The van der Waals surface area contributed by atoms with Gasteiger partial charge < -0.3 is 0 Å². The van der Waals surface area contributed by atoms with E-state index in [1.165, 1.54) is 11.5 Å². The first-order valence-electron chi connectivity index (χ1n) is 5.96. The van der Waals surface area contributed by atoms with Gasteiger partial charge in [-0.2, -0.15) is 5.06 Å². The third kappa shape index (κ3) is 1.80. The van der Waals surface area contributed by atoms with Crippen LogP contribution >= 0.6 is 0 Å². The zero-order valence-corrected chi connectivity index (χ0v) is 9.71. The van der Waals surface area contributed by atoms with Crippen LogP contribution in [0.4, 0.5) is 0 Å².